The average molecular weight is 476 g/mol. The van der Waals surface area contributed by atoms with E-state index in [0.29, 0.717) is 37.4 Å². The second kappa shape index (κ2) is 10.5. The third-order valence-corrected chi connectivity index (χ3v) is 5.83. The molecule has 2 aromatic carbocycles. The van der Waals surface area contributed by atoms with Gasteiger partial charge in [-0.2, -0.15) is 5.10 Å². The van der Waals surface area contributed by atoms with Gasteiger partial charge in [0.25, 0.3) is 0 Å². The Morgan fingerprint density at radius 1 is 1.06 bits per heavy atom. The summed E-state index contributed by atoms with van der Waals surface area (Å²) in [4.78, 5) is 21.8. The van der Waals surface area contributed by atoms with E-state index in [2.05, 4.69) is 5.10 Å². The zero-order valence-corrected chi connectivity index (χ0v) is 20.5. The molecule has 0 saturated carbocycles. The molecule has 4 rings (SSSR count). The molecule has 0 aliphatic rings. The lowest BCUT2D eigenvalue weighted by molar-refractivity contribution is -0.132. The van der Waals surface area contributed by atoms with E-state index in [0.717, 1.165) is 28.0 Å². The van der Waals surface area contributed by atoms with Crippen molar-refractivity contribution in [1.29, 1.82) is 0 Å². The number of fused-ring (bicyclic) bond motifs is 1. The SMILES string of the molecule is COc1ccc(CN(Cc2cc3ccc(F)cc3nc2N(C)C)C(=O)CCn2ccc(C)n2)cc1. The van der Waals surface area contributed by atoms with Crippen LogP contribution in [0.15, 0.2) is 60.8 Å². The maximum Gasteiger partial charge on any atom is 0.225 e. The molecule has 0 unspecified atom stereocenters. The molecule has 0 bridgehead atoms. The average Bonchev–Trinajstić information content (AvgIpc) is 3.27. The van der Waals surface area contributed by atoms with E-state index in [-0.39, 0.29) is 11.7 Å². The van der Waals surface area contributed by atoms with Gasteiger partial charge in [-0.05, 0) is 48.9 Å². The minimum Gasteiger partial charge on any atom is -0.497 e. The van der Waals surface area contributed by atoms with Crippen LogP contribution in [-0.2, 0) is 24.4 Å². The van der Waals surface area contributed by atoms with Crippen molar-refractivity contribution in [2.24, 2.45) is 0 Å². The molecule has 0 saturated heterocycles. The Bertz CT molecular complexity index is 1320. The van der Waals surface area contributed by atoms with Crippen molar-refractivity contribution >= 4 is 22.6 Å². The summed E-state index contributed by atoms with van der Waals surface area (Å²) in [6.45, 7) is 3.24. The lowest BCUT2D eigenvalue weighted by Gasteiger charge is -2.26. The van der Waals surface area contributed by atoms with Gasteiger partial charge < -0.3 is 14.5 Å². The Morgan fingerprint density at radius 2 is 1.83 bits per heavy atom. The number of anilines is 1. The van der Waals surface area contributed by atoms with E-state index in [1.54, 1.807) is 17.9 Å². The molecule has 0 aliphatic heterocycles. The van der Waals surface area contributed by atoms with Gasteiger partial charge >= 0.3 is 0 Å². The maximum atomic E-state index is 13.8. The first-order valence-corrected chi connectivity index (χ1v) is 11.5. The second-order valence-corrected chi connectivity index (χ2v) is 8.77. The van der Waals surface area contributed by atoms with Crippen molar-refractivity contribution in [2.75, 3.05) is 26.1 Å². The number of hydrogen-bond acceptors (Lipinski definition) is 5. The number of ether oxygens (including phenoxy) is 1. The first kappa shape index (κ1) is 24.2. The number of pyridine rings is 1. The summed E-state index contributed by atoms with van der Waals surface area (Å²) in [5.74, 6) is 1.16. The lowest BCUT2D eigenvalue weighted by atomic mass is 10.1. The quantitative estimate of drug-likeness (QED) is 0.355. The number of halogens is 1. The minimum absolute atomic E-state index is 0.0119. The van der Waals surface area contributed by atoms with Crippen molar-refractivity contribution < 1.29 is 13.9 Å². The number of aromatic nitrogens is 3. The van der Waals surface area contributed by atoms with Crippen molar-refractivity contribution in [3.63, 3.8) is 0 Å². The van der Waals surface area contributed by atoms with Gasteiger partial charge in [0.2, 0.25) is 5.91 Å². The fourth-order valence-electron chi connectivity index (χ4n) is 4.02. The van der Waals surface area contributed by atoms with Crippen LogP contribution in [0.25, 0.3) is 10.9 Å². The minimum atomic E-state index is -0.326. The van der Waals surface area contributed by atoms with Gasteiger partial charge in [0.15, 0.2) is 0 Å². The number of aryl methyl sites for hydroxylation is 2. The zero-order valence-electron chi connectivity index (χ0n) is 20.5. The molecular formula is C27H30FN5O2. The van der Waals surface area contributed by atoms with Gasteiger partial charge in [-0.3, -0.25) is 9.48 Å². The van der Waals surface area contributed by atoms with Gasteiger partial charge in [-0.1, -0.05) is 12.1 Å². The monoisotopic (exact) mass is 475 g/mol. The number of carbonyl (C=O) groups is 1. The van der Waals surface area contributed by atoms with Crippen molar-refractivity contribution in [2.45, 2.75) is 33.0 Å². The maximum absolute atomic E-state index is 13.8. The van der Waals surface area contributed by atoms with Gasteiger partial charge in [-0.15, -0.1) is 0 Å². The largest absolute Gasteiger partial charge is 0.497 e. The highest BCUT2D eigenvalue weighted by Crippen LogP contribution is 2.26. The molecule has 0 aliphatic carbocycles. The molecule has 1 amide bonds. The van der Waals surface area contributed by atoms with Crippen molar-refractivity contribution in [1.82, 2.24) is 19.7 Å². The van der Waals surface area contributed by atoms with Gasteiger partial charge in [-0.25, -0.2) is 9.37 Å². The Kier molecular flexibility index (Phi) is 7.29. The summed E-state index contributed by atoms with van der Waals surface area (Å²) < 4.78 is 20.8. The van der Waals surface area contributed by atoms with Crippen LogP contribution in [0.3, 0.4) is 0 Å². The summed E-state index contributed by atoms with van der Waals surface area (Å²) >= 11 is 0. The summed E-state index contributed by atoms with van der Waals surface area (Å²) in [7, 11) is 5.42. The molecule has 0 radical (unpaired) electrons. The molecule has 182 valence electrons. The van der Waals surface area contributed by atoms with Gasteiger partial charge in [0.1, 0.15) is 17.4 Å². The summed E-state index contributed by atoms with van der Waals surface area (Å²) in [6, 6.07) is 16.2. The fourth-order valence-corrected chi connectivity index (χ4v) is 4.02. The highest BCUT2D eigenvalue weighted by molar-refractivity contribution is 5.82. The van der Waals surface area contributed by atoms with E-state index in [4.69, 9.17) is 9.72 Å². The molecule has 0 fully saturated rings. The summed E-state index contributed by atoms with van der Waals surface area (Å²) in [5, 5.41) is 5.22. The molecule has 0 atom stereocenters. The standard InChI is InChI=1S/C27H30FN5O2/c1-19-11-13-33(30-19)14-12-26(34)32(17-20-5-9-24(35-4)10-6-20)18-22-15-21-7-8-23(28)16-25(21)29-27(22)31(2)3/h5-11,13,15-16H,12,14,17-18H2,1-4H3. The Hall–Kier alpha value is -3.94. The molecule has 0 spiro atoms. The first-order chi connectivity index (χ1) is 16.8. The highest BCUT2D eigenvalue weighted by Gasteiger charge is 2.19. The van der Waals surface area contributed by atoms with Crippen molar-refractivity contribution in [3.05, 3.63) is 83.4 Å². The third-order valence-electron chi connectivity index (χ3n) is 5.83. The van der Waals surface area contributed by atoms with Gasteiger partial charge in [0.05, 0.1) is 18.3 Å². The number of nitrogens with zero attached hydrogens (tertiary/aromatic N) is 5. The normalized spacial score (nSPS) is 11.0. The van der Waals surface area contributed by atoms with Crippen LogP contribution in [0, 0.1) is 12.7 Å². The molecular weight excluding hydrogens is 445 g/mol. The molecule has 2 heterocycles. The predicted molar refractivity (Wildman–Crippen MR) is 135 cm³/mol. The molecule has 0 N–H and O–H groups in total. The lowest BCUT2D eigenvalue weighted by Crippen LogP contribution is -2.31. The van der Waals surface area contributed by atoms with Crippen LogP contribution in [0.4, 0.5) is 10.2 Å². The van der Waals surface area contributed by atoms with E-state index < -0.39 is 0 Å². The first-order valence-electron chi connectivity index (χ1n) is 11.5. The summed E-state index contributed by atoms with van der Waals surface area (Å²) in [5.41, 5.74) is 3.39. The smallest absolute Gasteiger partial charge is 0.225 e. The summed E-state index contributed by atoms with van der Waals surface area (Å²) in [6.07, 6.45) is 2.20. The van der Waals surface area contributed by atoms with Crippen LogP contribution in [-0.4, -0.2) is 46.8 Å². The van der Waals surface area contributed by atoms with Crippen LogP contribution in [0.5, 0.6) is 5.75 Å². The number of amides is 1. The number of carbonyl (C=O) groups excluding carboxylic acids is 1. The third kappa shape index (κ3) is 5.95. The molecule has 4 aromatic rings. The molecule has 7 nitrogen and oxygen atoms in total. The van der Waals surface area contributed by atoms with Crippen LogP contribution < -0.4 is 9.64 Å². The fraction of sp³-hybridized carbons (Fsp3) is 0.296. The van der Waals surface area contributed by atoms with Crippen LogP contribution in [0.2, 0.25) is 0 Å². The van der Waals surface area contributed by atoms with Crippen LogP contribution in [0.1, 0.15) is 23.2 Å². The van der Waals surface area contributed by atoms with E-state index in [1.165, 1.54) is 12.1 Å². The Balaban J connectivity index is 1.63. The van der Waals surface area contributed by atoms with Gasteiger partial charge in [0, 0.05) is 63.4 Å². The molecule has 35 heavy (non-hydrogen) atoms. The van der Waals surface area contributed by atoms with E-state index >= 15 is 0 Å². The molecule has 8 heteroatoms. The zero-order chi connectivity index (χ0) is 24.9. The molecule has 2 aromatic heterocycles. The topological polar surface area (TPSA) is 63.5 Å². The number of rotatable bonds is 9. The van der Waals surface area contributed by atoms with E-state index in [1.807, 2.05) is 73.4 Å². The predicted octanol–water partition coefficient (Wildman–Crippen LogP) is 4.57. The van der Waals surface area contributed by atoms with E-state index in [9.17, 15) is 9.18 Å². The van der Waals surface area contributed by atoms with Crippen LogP contribution >= 0.6 is 0 Å². The highest BCUT2D eigenvalue weighted by atomic mass is 19.1. The van der Waals surface area contributed by atoms with Crippen molar-refractivity contribution in [3.8, 4) is 5.75 Å². The Labute approximate surface area is 204 Å². The number of benzene rings is 2. The Morgan fingerprint density at radius 3 is 2.49 bits per heavy atom. The number of methoxy groups -OCH3 is 1. The second-order valence-electron chi connectivity index (χ2n) is 8.77. The number of hydrogen-bond donors (Lipinski definition) is 0.